The molecule has 6 heteroatoms. The Labute approximate surface area is 113 Å². The minimum Gasteiger partial charge on any atom is -0.481 e. The third-order valence-corrected chi connectivity index (χ3v) is 3.68. The highest BCUT2D eigenvalue weighted by molar-refractivity contribution is 6.35. The van der Waals surface area contributed by atoms with Gasteiger partial charge in [-0.1, -0.05) is 29.3 Å². The van der Waals surface area contributed by atoms with Crippen LogP contribution in [0.4, 0.5) is 8.78 Å². The van der Waals surface area contributed by atoms with Crippen LogP contribution in [-0.2, 0) is 4.79 Å². The molecule has 1 aromatic rings. The minimum atomic E-state index is -2.79. The second-order valence-electron chi connectivity index (χ2n) is 4.44. The summed E-state index contributed by atoms with van der Waals surface area (Å²) in [5, 5.41) is 9.45. The first-order chi connectivity index (χ1) is 8.31. The summed E-state index contributed by atoms with van der Waals surface area (Å²) in [6.07, 6.45) is -0.647. The fourth-order valence-electron chi connectivity index (χ4n) is 2.13. The first kappa shape index (κ1) is 13.6. The molecule has 0 spiro atoms. The maximum absolute atomic E-state index is 13.1. The van der Waals surface area contributed by atoms with E-state index in [1.54, 1.807) is 0 Å². The standard InChI is InChI=1S/C12H10Cl2F2O2/c13-6-1-2-7(10(14)3-6)8(4-11(17)18)9-5-12(9,15)16/h1-3,8-9H,4-5H2,(H,17,18). The number of hydrogen-bond acceptors (Lipinski definition) is 1. The Morgan fingerprint density at radius 1 is 1.50 bits per heavy atom. The quantitative estimate of drug-likeness (QED) is 0.903. The van der Waals surface area contributed by atoms with Gasteiger partial charge in [0.05, 0.1) is 6.42 Å². The zero-order valence-corrected chi connectivity index (χ0v) is 10.7. The molecule has 1 aliphatic rings. The molecule has 2 rings (SSSR count). The van der Waals surface area contributed by atoms with Crippen molar-refractivity contribution in [3.05, 3.63) is 33.8 Å². The van der Waals surface area contributed by atoms with Crippen LogP contribution in [0, 0.1) is 5.92 Å². The van der Waals surface area contributed by atoms with E-state index < -0.39 is 23.7 Å². The Hall–Kier alpha value is -0.870. The average Bonchev–Trinajstić information content (AvgIpc) is 2.84. The second kappa shape index (κ2) is 4.67. The Morgan fingerprint density at radius 2 is 2.11 bits per heavy atom. The summed E-state index contributed by atoms with van der Waals surface area (Å²) >= 11 is 11.7. The first-order valence-electron chi connectivity index (χ1n) is 5.36. The van der Waals surface area contributed by atoms with Gasteiger partial charge in [-0.15, -0.1) is 0 Å². The summed E-state index contributed by atoms with van der Waals surface area (Å²) in [5.74, 6) is -5.63. The molecule has 1 N–H and O–H groups in total. The molecule has 0 bridgehead atoms. The van der Waals surface area contributed by atoms with Gasteiger partial charge in [-0.2, -0.15) is 0 Å². The number of benzene rings is 1. The Morgan fingerprint density at radius 3 is 2.56 bits per heavy atom. The van der Waals surface area contributed by atoms with Gasteiger partial charge in [-0.25, -0.2) is 8.78 Å². The highest BCUT2D eigenvalue weighted by Crippen LogP contribution is 2.57. The molecular formula is C12H10Cl2F2O2. The monoisotopic (exact) mass is 294 g/mol. The Kier molecular flexibility index (Phi) is 3.52. The molecule has 0 aromatic heterocycles. The zero-order chi connectivity index (χ0) is 13.5. The average molecular weight is 295 g/mol. The normalized spacial score (nSPS) is 22.6. The van der Waals surface area contributed by atoms with E-state index in [-0.39, 0.29) is 17.9 Å². The zero-order valence-electron chi connectivity index (χ0n) is 9.17. The predicted octanol–water partition coefficient (Wildman–Crippen LogP) is 4.21. The summed E-state index contributed by atoms with van der Waals surface area (Å²) in [7, 11) is 0. The van der Waals surface area contributed by atoms with Gasteiger partial charge in [0, 0.05) is 28.3 Å². The van der Waals surface area contributed by atoms with E-state index in [1.807, 2.05) is 0 Å². The van der Waals surface area contributed by atoms with Gasteiger partial charge in [0.15, 0.2) is 0 Å². The topological polar surface area (TPSA) is 37.3 Å². The van der Waals surface area contributed by atoms with Gasteiger partial charge in [0.1, 0.15) is 0 Å². The fourth-order valence-corrected chi connectivity index (χ4v) is 2.68. The summed E-state index contributed by atoms with van der Waals surface area (Å²) in [6.45, 7) is 0. The Bertz CT molecular complexity index is 491. The molecule has 2 atom stereocenters. The van der Waals surface area contributed by atoms with E-state index in [9.17, 15) is 13.6 Å². The van der Waals surface area contributed by atoms with Crippen LogP contribution in [0.3, 0.4) is 0 Å². The van der Waals surface area contributed by atoms with Crippen LogP contribution in [0.25, 0.3) is 0 Å². The van der Waals surface area contributed by atoms with Crippen LogP contribution in [0.5, 0.6) is 0 Å². The highest BCUT2D eigenvalue weighted by atomic mass is 35.5. The molecule has 98 valence electrons. The van der Waals surface area contributed by atoms with Crippen molar-refractivity contribution in [1.29, 1.82) is 0 Å². The fraction of sp³-hybridized carbons (Fsp3) is 0.417. The smallest absolute Gasteiger partial charge is 0.303 e. The lowest BCUT2D eigenvalue weighted by Gasteiger charge is -2.16. The number of rotatable bonds is 4. The molecule has 0 saturated heterocycles. The Balaban J connectivity index is 2.31. The SMILES string of the molecule is O=C(O)CC(c1ccc(Cl)cc1Cl)C1CC1(F)F. The molecular weight excluding hydrogens is 285 g/mol. The van der Waals surface area contributed by atoms with Gasteiger partial charge in [-0.05, 0) is 17.7 Å². The van der Waals surface area contributed by atoms with Crippen LogP contribution in [0.1, 0.15) is 24.3 Å². The van der Waals surface area contributed by atoms with Crippen molar-refractivity contribution in [3.63, 3.8) is 0 Å². The van der Waals surface area contributed by atoms with Crippen molar-refractivity contribution < 1.29 is 18.7 Å². The van der Waals surface area contributed by atoms with Gasteiger partial charge >= 0.3 is 5.97 Å². The third kappa shape index (κ3) is 2.75. The summed E-state index contributed by atoms with van der Waals surface area (Å²) in [5.41, 5.74) is 0.422. The number of carboxylic acids is 1. The molecule has 1 fully saturated rings. The lowest BCUT2D eigenvalue weighted by atomic mass is 9.90. The number of carbonyl (C=O) groups is 1. The molecule has 0 radical (unpaired) electrons. The molecule has 2 unspecified atom stereocenters. The molecule has 0 amide bonds. The van der Waals surface area contributed by atoms with Crippen LogP contribution in [0.2, 0.25) is 10.0 Å². The van der Waals surface area contributed by atoms with Gasteiger partial charge in [-0.3, -0.25) is 4.79 Å². The largest absolute Gasteiger partial charge is 0.481 e. The van der Waals surface area contributed by atoms with Crippen molar-refractivity contribution in [1.82, 2.24) is 0 Å². The maximum Gasteiger partial charge on any atom is 0.303 e. The van der Waals surface area contributed by atoms with Gasteiger partial charge < -0.3 is 5.11 Å². The number of halogens is 4. The predicted molar refractivity (Wildman–Crippen MR) is 64.5 cm³/mol. The number of aliphatic carboxylic acids is 1. The molecule has 2 nitrogen and oxygen atoms in total. The van der Waals surface area contributed by atoms with Crippen LogP contribution in [-0.4, -0.2) is 17.0 Å². The summed E-state index contributed by atoms with van der Waals surface area (Å²) in [6, 6.07) is 4.48. The highest BCUT2D eigenvalue weighted by Gasteiger charge is 2.60. The molecule has 0 aliphatic heterocycles. The van der Waals surface area contributed by atoms with E-state index >= 15 is 0 Å². The summed E-state index contributed by atoms with van der Waals surface area (Å²) in [4.78, 5) is 10.8. The van der Waals surface area contributed by atoms with Crippen LogP contribution in [0.15, 0.2) is 18.2 Å². The van der Waals surface area contributed by atoms with Gasteiger partial charge in [0.2, 0.25) is 0 Å². The lowest BCUT2D eigenvalue weighted by Crippen LogP contribution is -2.12. The van der Waals surface area contributed by atoms with Crippen molar-refractivity contribution in [2.45, 2.75) is 24.7 Å². The van der Waals surface area contributed by atoms with Crippen molar-refractivity contribution in [2.75, 3.05) is 0 Å². The number of alkyl halides is 2. The van der Waals surface area contributed by atoms with E-state index in [0.29, 0.717) is 10.6 Å². The van der Waals surface area contributed by atoms with E-state index in [1.165, 1.54) is 18.2 Å². The van der Waals surface area contributed by atoms with E-state index in [0.717, 1.165) is 0 Å². The number of hydrogen-bond donors (Lipinski definition) is 1. The van der Waals surface area contributed by atoms with Crippen molar-refractivity contribution >= 4 is 29.2 Å². The molecule has 0 heterocycles. The minimum absolute atomic E-state index is 0.233. The maximum atomic E-state index is 13.1. The molecule has 18 heavy (non-hydrogen) atoms. The summed E-state index contributed by atoms with van der Waals surface area (Å²) < 4.78 is 26.3. The first-order valence-corrected chi connectivity index (χ1v) is 6.11. The van der Waals surface area contributed by atoms with Crippen molar-refractivity contribution in [2.24, 2.45) is 5.92 Å². The third-order valence-electron chi connectivity index (χ3n) is 3.12. The van der Waals surface area contributed by atoms with Crippen LogP contribution < -0.4 is 0 Å². The second-order valence-corrected chi connectivity index (χ2v) is 5.29. The van der Waals surface area contributed by atoms with Crippen LogP contribution >= 0.6 is 23.2 Å². The molecule has 1 aromatic carbocycles. The van der Waals surface area contributed by atoms with Crippen molar-refractivity contribution in [3.8, 4) is 0 Å². The van der Waals surface area contributed by atoms with E-state index in [4.69, 9.17) is 28.3 Å². The molecule has 1 aliphatic carbocycles. The van der Waals surface area contributed by atoms with E-state index in [2.05, 4.69) is 0 Å². The number of carboxylic acid groups (broad SMARTS) is 1. The van der Waals surface area contributed by atoms with Gasteiger partial charge in [0.25, 0.3) is 5.92 Å². The molecule has 1 saturated carbocycles. The lowest BCUT2D eigenvalue weighted by molar-refractivity contribution is -0.137.